The number of amides is 2. The van der Waals surface area contributed by atoms with Gasteiger partial charge in [-0.1, -0.05) is 11.6 Å². The quantitative estimate of drug-likeness (QED) is 0.747. The highest BCUT2D eigenvalue weighted by Gasteiger charge is 2.54. The van der Waals surface area contributed by atoms with Crippen molar-refractivity contribution in [1.29, 1.82) is 0 Å². The molecule has 4 saturated carbocycles. The summed E-state index contributed by atoms with van der Waals surface area (Å²) >= 11 is 0. The molecular weight excluding hydrogens is 314 g/mol. The van der Waals surface area contributed by atoms with Gasteiger partial charge >= 0.3 is 0 Å². The summed E-state index contributed by atoms with van der Waals surface area (Å²) in [6, 6.07) is -0.223. The number of nitrogens with two attached hydrogens (primary N) is 1. The first-order valence-corrected chi connectivity index (χ1v) is 9.95. The molecule has 0 radical (unpaired) electrons. The summed E-state index contributed by atoms with van der Waals surface area (Å²) in [6.45, 7) is 4.10. The minimum atomic E-state index is -0.271. The average Bonchev–Trinajstić information content (AvgIpc) is 2.58. The van der Waals surface area contributed by atoms with E-state index < -0.39 is 0 Å². The number of carbonyl (C=O) groups excluding carboxylic acids is 2. The maximum Gasteiger partial charge on any atom is 0.234 e. The van der Waals surface area contributed by atoms with E-state index in [4.69, 9.17) is 5.73 Å². The molecule has 5 nitrogen and oxygen atoms in total. The van der Waals surface area contributed by atoms with Gasteiger partial charge in [-0.05, 0) is 69.6 Å². The topological polar surface area (TPSA) is 75.4 Å². The maximum absolute atomic E-state index is 13.0. The lowest BCUT2D eigenvalue weighted by molar-refractivity contribution is -0.146. The van der Waals surface area contributed by atoms with Crippen LogP contribution < -0.4 is 11.1 Å². The fourth-order valence-corrected chi connectivity index (χ4v) is 6.19. The maximum atomic E-state index is 13.0. The number of hydrogen-bond donors (Lipinski definition) is 2. The predicted octanol–water partition coefficient (Wildman–Crippen LogP) is 1.82. The Morgan fingerprint density at radius 2 is 1.84 bits per heavy atom. The fourth-order valence-electron chi connectivity index (χ4n) is 6.19. The lowest BCUT2D eigenvalue weighted by Crippen LogP contribution is -2.54. The van der Waals surface area contributed by atoms with Crippen molar-refractivity contribution >= 4 is 11.8 Å². The van der Waals surface area contributed by atoms with Crippen LogP contribution in [0.2, 0.25) is 0 Å². The third kappa shape index (κ3) is 3.23. The third-order valence-electron chi connectivity index (χ3n) is 7.29. The summed E-state index contributed by atoms with van der Waals surface area (Å²) in [5.41, 5.74) is 6.61. The molecule has 0 spiro atoms. The number of nitrogens with one attached hydrogen (secondary N) is 1. The van der Waals surface area contributed by atoms with Gasteiger partial charge in [0.15, 0.2) is 0 Å². The summed E-state index contributed by atoms with van der Waals surface area (Å²) in [4.78, 5) is 26.4. The highest BCUT2D eigenvalue weighted by Crippen LogP contribution is 2.60. The van der Waals surface area contributed by atoms with Gasteiger partial charge in [0, 0.05) is 25.0 Å². The van der Waals surface area contributed by atoms with Crippen LogP contribution in [0.15, 0.2) is 11.6 Å². The molecular formula is C20H31N3O2. The summed E-state index contributed by atoms with van der Waals surface area (Å²) in [6.07, 6.45) is 10.5. The van der Waals surface area contributed by atoms with Crippen LogP contribution in [0.3, 0.4) is 0 Å². The highest BCUT2D eigenvalue weighted by molar-refractivity contribution is 5.83. The number of carbonyl (C=O) groups is 2. The Balaban J connectivity index is 1.32. The van der Waals surface area contributed by atoms with Crippen LogP contribution in [0.1, 0.15) is 51.9 Å². The van der Waals surface area contributed by atoms with Gasteiger partial charge in [-0.3, -0.25) is 14.5 Å². The molecule has 4 bridgehead atoms. The molecule has 4 fully saturated rings. The number of rotatable bonds is 5. The van der Waals surface area contributed by atoms with Crippen molar-refractivity contribution in [2.24, 2.45) is 28.9 Å². The van der Waals surface area contributed by atoms with E-state index in [0.29, 0.717) is 12.5 Å². The van der Waals surface area contributed by atoms with E-state index >= 15 is 0 Å². The number of primary amides is 1. The van der Waals surface area contributed by atoms with Gasteiger partial charge in [0.1, 0.15) is 0 Å². The molecule has 0 aromatic heterocycles. The van der Waals surface area contributed by atoms with Crippen LogP contribution in [0.25, 0.3) is 0 Å². The Kier molecular flexibility index (Phi) is 4.38. The second-order valence-corrected chi connectivity index (χ2v) is 9.07. The summed E-state index contributed by atoms with van der Waals surface area (Å²) in [7, 11) is 0. The van der Waals surface area contributed by atoms with Gasteiger partial charge in [0.05, 0.1) is 6.04 Å². The SMILES string of the molecule is C[C@H](C(N)=O)N1CC=C(CNC(=O)C23CC4CC(CC(C4)C2)C3)CC1. The molecule has 138 valence electrons. The second-order valence-electron chi connectivity index (χ2n) is 9.07. The van der Waals surface area contributed by atoms with Crippen molar-refractivity contribution in [2.75, 3.05) is 19.6 Å². The fraction of sp³-hybridized carbons (Fsp3) is 0.800. The Labute approximate surface area is 150 Å². The number of hydrogen-bond acceptors (Lipinski definition) is 3. The third-order valence-corrected chi connectivity index (χ3v) is 7.29. The molecule has 0 unspecified atom stereocenters. The molecule has 25 heavy (non-hydrogen) atoms. The van der Waals surface area contributed by atoms with Crippen LogP contribution in [0.5, 0.6) is 0 Å². The van der Waals surface area contributed by atoms with Gasteiger partial charge in [-0.15, -0.1) is 0 Å². The molecule has 5 aliphatic rings. The van der Waals surface area contributed by atoms with E-state index in [1.807, 2.05) is 6.92 Å². The van der Waals surface area contributed by atoms with Crippen LogP contribution in [-0.4, -0.2) is 42.4 Å². The van der Waals surface area contributed by atoms with Crippen molar-refractivity contribution in [3.05, 3.63) is 11.6 Å². The predicted molar refractivity (Wildman–Crippen MR) is 96.5 cm³/mol. The normalized spacial score (nSPS) is 38.3. The van der Waals surface area contributed by atoms with Gasteiger partial charge in [-0.2, -0.15) is 0 Å². The van der Waals surface area contributed by atoms with E-state index in [1.165, 1.54) is 24.8 Å². The first-order chi connectivity index (χ1) is 11.9. The van der Waals surface area contributed by atoms with Gasteiger partial charge in [0.2, 0.25) is 11.8 Å². The standard InChI is InChI=1S/C20H31N3O2/c1-13(18(21)24)23-4-2-14(3-5-23)12-22-19(25)20-9-15-6-16(10-20)8-17(7-15)11-20/h2,13,15-17H,3-12H2,1H3,(H2,21,24)(H,22,25)/t13-,15?,16?,17?,20?/m1/s1. The Morgan fingerprint density at radius 1 is 1.24 bits per heavy atom. The van der Waals surface area contributed by atoms with E-state index in [2.05, 4.69) is 16.3 Å². The van der Waals surface area contributed by atoms with Crippen molar-refractivity contribution < 1.29 is 9.59 Å². The molecule has 1 atom stereocenters. The van der Waals surface area contributed by atoms with Crippen LogP contribution in [-0.2, 0) is 9.59 Å². The zero-order chi connectivity index (χ0) is 17.6. The molecule has 0 aromatic rings. The largest absolute Gasteiger partial charge is 0.368 e. The van der Waals surface area contributed by atoms with Crippen LogP contribution >= 0.6 is 0 Å². The zero-order valence-electron chi connectivity index (χ0n) is 15.3. The van der Waals surface area contributed by atoms with E-state index in [1.54, 1.807) is 0 Å². The molecule has 5 heteroatoms. The average molecular weight is 345 g/mol. The molecule has 1 heterocycles. The monoisotopic (exact) mass is 345 g/mol. The smallest absolute Gasteiger partial charge is 0.234 e. The zero-order valence-corrected chi connectivity index (χ0v) is 15.3. The van der Waals surface area contributed by atoms with Gasteiger partial charge in [0.25, 0.3) is 0 Å². The number of nitrogens with zero attached hydrogens (tertiary/aromatic N) is 1. The Hall–Kier alpha value is -1.36. The van der Waals surface area contributed by atoms with Gasteiger partial charge in [-0.25, -0.2) is 0 Å². The lowest BCUT2D eigenvalue weighted by Gasteiger charge is -2.55. The highest BCUT2D eigenvalue weighted by atomic mass is 16.2. The summed E-state index contributed by atoms with van der Waals surface area (Å²) < 4.78 is 0. The van der Waals surface area contributed by atoms with Crippen LogP contribution in [0, 0.1) is 23.2 Å². The van der Waals surface area contributed by atoms with Crippen molar-refractivity contribution in [1.82, 2.24) is 10.2 Å². The summed E-state index contributed by atoms with van der Waals surface area (Å²) in [5.74, 6) is 2.44. The van der Waals surface area contributed by atoms with E-state index in [-0.39, 0.29) is 17.4 Å². The van der Waals surface area contributed by atoms with E-state index in [9.17, 15) is 9.59 Å². The molecule has 0 saturated heterocycles. The minimum absolute atomic E-state index is 0.0590. The molecule has 5 rings (SSSR count). The molecule has 3 N–H and O–H groups in total. The van der Waals surface area contributed by atoms with Gasteiger partial charge < -0.3 is 11.1 Å². The van der Waals surface area contributed by atoms with Crippen LogP contribution in [0.4, 0.5) is 0 Å². The Bertz CT molecular complexity index is 562. The summed E-state index contributed by atoms with van der Waals surface area (Å²) in [5, 5.41) is 3.26. The minimum Gasteiger partial charge on any atom is -0.368 e. The molecule has 2 amide bonds. The lowest BCUT2D eigenvalue weighted by atomic mass is 9.49. The Morgan fingerprint density at radius 3 is 2.32 bits per heavy atom. The first kappa shape index (κ1) is 17.1. The first-order valence-electron chi connectivity index (χ1n) is 9.95. The second kappa shape index (κ2) is 6.42. The van der Waals surface area contributed by atoms with Crippen molar-refractivity contribution in [3.8, 4) is 0 Å². The van der Waals surface area contributed by atoms with Crippen molar-refractivity contribution in [3.63, 3.8) is 0 Å². The molecule has 1 aliphatic heterocycles. The van der Waals surface area contributed by atoms with Crippen molar-refractivity contribution in [2.45, 2.75) is 57.9 Å². The molecule has 0 aromatic carbocycles. The molecule has 4 aliphatic carbocycles. The van der Waals surface area contributed by atoms with E-state index in [0.717, 1.165) is 56.5 Å².